The molecule has 1 heterocycles. The molecule has 1 N–H and O–H groups in total. The smallest absolute Gasteiger partial charge is 0.235 e. The fraction of sp³-hybridized carbons (Fsp3) is 0.167. The fourth-order valence-electron chi connectivity index (χ4n) is 1.66. The Morgan fingerprint density at radius 1 is 1.40 bits per heavy atom. The van der Waals surface area contributed by atoms with Gasteiger partial charge in [0.1, 0.15) is 0 Å². The van der Waals surface area contributed by atoms with E-state index in [4.69, 9.17) is 0 Å². The third kappa shape index (κ3) is 1.81. The highest BCUT2D eigenvalue weighted by Crippen LogP contribution is 2.32. The Hall–Kier alpha value is -1.90. The zero-order valence-electron chi connectivity index (χ0n) is 8.36. The first-order valence-corrected chi connectivity index (χ1v) is 4.77. The first kappa shape index (κ1) is 9.65. The number of hydrogen-bond donors (Lipinski definition) is 1. The summed E-state index contributed by atoms with van der Waals surface area (Å²) in [4.78, 5) is 22.4. The summed E-state index contributed by atoms with van der Waals surface area (Å²) in [7, 11) is 0. The van der Waals surface area contributed by atoms with Crippen molar-refractivity contribution in [1.29, 1.82) is 0 Å². The summed E-state index contributed by atoms with van der Waals surface area (Å²) in [5, 5.41) is 2.77. The Morgan fingerprint density at radius 2 is 2.13 bits per heavy atom. The van der Waals surface area contributed by atoms with Crippen molar-refractivity contribution >= 4 is 17.4 Å². The molecule has 1 unspecified atom stereocenters. The van der Waals surface area contributed by atoms with Crippen molar-refractivity contribution in [1.82, 2.24) is 0 Å². The van der Waals surface area contributed by atoms with Gasteiger partial charge < -0.3 is 5.32 Å². The second kappa shape index (κ2) is 3.69. The van der Waals surface area contributed by atoms with Crippen molar-refractivity contribution in [3.8, 4) is 0 Å². The van der Waals surface area contributed by atoms with Crippen LogP contribution >= 0.6 is 0 Å². The second-order valence-corrected chi connectivity index (χ2v) is 3.52. The molecule has 0 spiro atoms. The van der Waals surface area contributed by atoms with E-state index in [1.165, 1.54) is 13.0 Å². The number of benzene rings is 1. The van der Waals surface area contributed by atoms with Crippen LogP contribution in [0.3, 0.4) is 0 Å². The molecule has 1 amide bonds. The van der Waals surface area contributed by atoms with Crippen LogP contribution in [-0.2, 0) is 9.59 Å². The number of rotatable bonds is 2. The quantitative estimate of drug-likeness (QED) is 0.742. The molecular formula is C12H11NO2. The van der Waals surface area contributed by atoms with Gasteiger partial charge in [-0.2, -0.15) is 0 Å². The molecule has 15 heavy (non-hydrogen) atoms. The molecule has 0 fully saturated rings. The molecule has 1 aromatic rings. The summed E-state index contributed by atoms with van der Waals surface area (Å²) in [6.45, 7) is 1.47. The van der Waals surface area contributed by atoms with E-state index in [2.05, 4.69) is 5.32 Å². The average Bonchev–Trinajstić information content (AvgIpc) is 2.50. The van der Waals surface area contributed by atoms with Gasteiger partial charge in [-0.25, -0.2) is 0 Å². The zero-order chi connectivity index (χ0) is 10.8. The molecule has 1 atom stereocenters. The van der Waals surface area contributed by atoms with Crippen LogP contribution in [0.5, 0.6) is 0 Å². The molecule has 0 saturated carbocycles. The SMILES string of the molecule is CC(=O)/C=C\C1C(=O)Nc2ccccc21. The summed E-state index contributed by atoms with van der Waals surface area (Å²) in [5.74, 6) is -0.453. The number of para-hydroxylation sites is 1. The lowest BCUT2D eigenvalue weighted by atomic mass is 10.00. The largest absolute Gasteiger partial charge is 0.325 e. The maximum atomic E-state index is 11.6. The number of hydrogen-bond acceptors (Lipinski definition) is 2. The average molecular weight is 201 g/mol. The molecule has 1 aliphatic heterocycles. The van der Waals surface area contributed by atoms with Gasteiger partial charge in [0, 0.05) is 5.69 Å². The van der Waals surface area contributed by atoms with E-state index in [1.807, 2.05) is 24.3 Å². The number of anilines is 1. The minimum absolute atomic E-state index is 0.0489. The van der Waals surface area contributed by atoms with Crippen molar-refractivity contribution in [3.63, 3.8) is 0 Å². The zero-order valence-corrected chi connectivity index (χ0v) is 8.36. The highest BCUT2D eigenvalue weighted by atomic mass is 16.2. The summed E-state index contributed by atoms with van der Waals surface area (Å²) in [5.41, 5.74) is 1.76. The van der Waals surface area contributed by atoms with E-state index in [0.717, 1.165) is 11.3 Å². The minimum atomic E-state index is -0.329. The van der Waals surface area contributed by atoms with E-state index in [-0.39, 0.29) is 17.6 Å². The van der Waals surface area contributed by atoms with Crippen molar-refractivity contribution in [3.05, 3.63) is 42.0 Å². The number of carbonyl (C=O) groups is 2. The topological polar surface area (TPSA) is 46.2 Å². The van der Waals surface area contributed by atoms with Crippen LogP contribution in [0.25, 0.3) is 0 Å². The van der Waals surface area contributed by atoms with Crippen molar-refractivity contribution < 1.29 is 9.59 Å². The summed E-state index contributed by atoms with van der Waals surface area (Å²) in [6.07, 6.45) is 3.08. The molecule has 0 bridgehead atoms. The molecule has 0 saturated heterocycles. The third-order valence-electron chi connectivity index (χ3n) is 2.36. The first-order valence-electron chi connectivity index (χ1n) is 4.77. The minimum Gasteiger partial charge on any atom is -0.325 e. The molecule has 76 valence electrons. The number of fused-ring (bicyclic) bond motifs is 1. The van der Waals surface area contributed by atoms with Crippen LogP contribution in [0.4, 0.5) is 5.69 Å². The molecule has 3 nitrogen and oxygen atoms in total. The standard InChI is InChI=1S/C12H11NO2/c1-8(14)6-7-10-9-4-2-3-5-11(9)13-12(10)15/h2-7,10H,1H3,(H,13,15)/b7-6-. The van der Waals surface area contributed by atoms with Gasteiger partial charge in [-0.1, -0.05) is 24.3 Å². The van der Waals surface area contributed by atoms with Crippen molar-refractivity contribution in [2.45, 2.75) is 12.8 Å². The van der Waals surface area contributed by atoms with Gasteiger partial charge in [0.25, 0.3) is 0 Å². The van der Waals surface area contributed by atoms with E-state index >= 15 is 0 Å². The Labute approximate surface area is 87.8 Å². The number of nitrogens with one attached hydrogen (secondary N) is 1. The van der Waals surface area contributed by atoms with Gasteiger partial charge in [0.2, 0.25) is 5.91 Å². The van der Waals surface area contributed by atoms with Crippen LogP contribution in [0.2, 0.25) is 0 Å². The monoisotopic (exact) mass is 201 g/mol. The number of carbonyl (C=O) groups excluding carboxylic acids is 2. The number of allylic oxidation sites excluding steroid dienone is 1. The second-order valence-electron chi connectivity index (χ2n) is 3.52. The predicted molar refractivity (Wildman–Crippen MR) is 57.6 cm³/mol. The van der Waals surface area contributed by atoms with Crippen molar-refractivity contribution in [2.24, 2.45) is 0 Å². The van der Waals surface area contributed by atoms with Gasteiger partial charge in [-0.15, -0.1) is 0 Å². The molecule has 0 radical (unpaired) electrons. The first-order chi connectivity index (χ1) is 7.18. The van der Waals surface area contributed by atoms with Crippen LogP contribution in [-0.4, -0.2) is 11.7 Å². The molecular weight excluding hydrogens is 190 g/mol. The molecule has 0 aliphatic carbocycles. The third-order valence-corrected chi connectivity index (χ3v) is 2.36. The summed E-state index contributed by atoms with van der Waals surface area (Å²) >= 11 is 0. The van der Waals surface area contributed by atoms with Gasteiger partial charge in [0.05, 0.1) is 5.92 Å². The van der Waals surface area contributed by atoms with E-state index in [0.29, 0.717) is 0 Å². The van der Waals surface area contributed by atoms with Crippen LogP contribution in [0.1, 0.15) is 18.4 Å². The van der Waals surface area contributed by atoms with E-state index in [1.54, 1.807) is 6.08 Å². The van der Waals surface area contributed by atoms with Gasteiger partial charge in [0.15, 0.2) is 5.78 Å². The number of ketones is 1. The van der Waals surface area contributed by atoms with Crippen molar-refractivity contribution in [2.75, 3.05) is 5.32 Å². The lowest BCUT2D eigenvalue weighted by Crippen LogP contribution is -2.10. The van der Waals surface area contributed by atoms with Crippen LogP contribution < -0.4 is 5.32 Å². The predicted octanol–water partition coefficient (Wildman–Crippen LogP) is 1.87. The summed E-state index contributed by atoms with van der Waals surface area (Å²) < 4.78 is 0. The maximum absolute atomic E-state index is 11.6. The van der Waals surface area contributed by atoms with Crippen LogP contribution in [0, 0.1) is 0 Å². The van der Waals surface area contributed by atoms with Crippen LogP contribution in [0.15, 0.2) is 36.4 Å². The van der Waals surface area contributed by atoms with E-state index < -0.39 is 0 Å². The summed E-state index contributed by atoms with van der Waals surface area (Å²) in [6, 6.07) is 7.50. The lowest BCUT2D eigenvalue weighted by Gasteiger charge is -2.00. The molecule has 2 rings (SSSR count). The molecule has 0 aromatic heterocycles. The Balaban J connectivity index is 2.34. The Morgan fingerprint density at radius 3 is 2.87 bits per heavy atom. The van der Waals surface area contributed by atoms with E-state index in [9.17, 15) is 9.59 Å². The highest BCUT2D eigenvalue weighted by Gasteiger charge is 2.27. The van der Waals surface area contributed by atoms with Gasteiger partial charge in [-0.3, -0.25) is 9.59 Å². The highest BCUT2D eigenvalue weighted by molar-refractivity contribution is 6.04. The van der Waals surface area contributed by atoms with Gasteiger partial charge >= 0.3 is 0 Å². The molecule has 3 heteroatoms. The number of amides is 1. The fourth-order valence-corrected chi connectivity index (χ4v) is 1.66. The Kier molecular flexibility index (Phi) is 2.37. The normalized spacial score (nSPS) is 19.0. The van der Waals surface area contributed by atoms with Gasteiger partial charge in [-0.05, 0) is 24.6 Å². The molecule has 1 aromatic carbocycles. The molecule has 1 aliphatic rings. The maximum Gasteiger partial charge on any atom is 0.235 e. The lowest BCUT2D eigenvalue weighted by molar-refractivity contribution is -0.116. The Bertz CT molecular complexity index is 449.